The molecule has 0 aliphatic carbocycles. The van der Waals surface area contributed by atoms with Crippen molar-refractivity contribution in [2.75, 3.05) is 26.2 Å². The van der Waals surface area contributed by atoms with Crippen LogP contribution in [0, 0.1) is 5.92 Å². The molecule has 3 amide bonds. The number of primary amides is 1. The van der Waals surface area contributed by atoms with E-state index in [1.165, 1.54) is 6.42 Å². The van der Waals surface area contributed by atoms with Crippen molar-refractivity contribution >= 4 is 24.3 Å². The van der Waals surface area contributed by atoms with Crippen LogP contribution in [0.5, 0.6) is 0 Å². The van der Waals surface area contributed by atoms with Crippen molar-refractivity contribution in [3.05, 3.63) is 0 Å². The van der Waals surface area contributed by atoms with Crippen LogP contribution in [0.15, 0.2) is 0 Å². The molecule has 2 heterocycles. The maximum Gasteiger partial charge on any atom is 0.318 e. The zero-order chi connectivity index (χ0) is 12.3. The number of hydrogen-bond acceptors (Lipinski definition) is 4. The summed E-state index contributed by atoms with van der Waals surface area (Å²) in [6.07, 6.45) is 2.73. The largest absolute Gasteiger partial charge is 0.351 e. The molecule has 0 bridgehead atoms. The van der Waals surface area contributed by atoms with E-state index in [9.17, 15) is 9.59 Å². The van der Waals surface area contributed by atoms with E-state index in [4.69, 9.17) is 5.73 Å². The van der Waals surface area contributed by atoms with Gasteiger partial charge in [0.15, 0.2) is 0 Å². The summed E-state index contributed by atoms with van der Waals surface area (Å²) < 4.78 is 0. The number of carbonyl (C=O) groups excluding carboxylic acids is 2. The van der Waals surface area contributed by atoms with Gasteiger partial charge in [-0.15, -0.1) is 12.4 Å². The summed E-state index contributed by atoms with van der Waals surface area (Å²) in [5.74, 6) is 0.437. The van der Waals surface area contributed by atoms with Gasteiger partial charge in [0.05, 0.1) is 0 Å². The first-order chi connectivity index (χ1) is 8.15. The third-order valence-electron chi connectivity index (χ3n) is 3.66. The smallest absolute Gasteiger partial charge is 0.318 e. The van der Waals surface area contributed by atoms with Crippen molar-refractivity contribution in [1.82, 2.24) is 15.5 Å². The summed E-state index contributed by atoms with van der Waals surface area (Å²) >= 11 is 0. The lowest BCUT2D eigenvalue weighted by atomic mass is 9.93. The van der Waals surface area contributed by atoms with Crippen molar-refractivity contribution < 1.29 is 9.59 Å². The van der Waals surface area contributed by atoms with Gasteiger partial charge < -0.3 is 16.0 Å². The van der Waals surface area contributed by atoms with Gasteiger partial charge in [0.25, 0.3) is 0 Å². The van der Waals surface area contributed by atoms with Gasteiger partial charge in [0, 0.05) is 25.6 Å². The third kappa shape index (κ3) is 4.12. The number of halogens is 1. The molecule has 2 saturated heterocycles. The van der Waals surface area contributed by atoms with Crippen molar-refractivity contribution in [2.24, 2.45) is 11.7 Å². The van der Waals surface area contributed by atoms with Gasteiger partial charge in [-0.1, -0.05) is 0 Å². The number of piperidine rings is 1. The van der Waals surface area contributed by atoms with Crippen LogP contribution in [0.25, 0.3) is 0 Å². The summed E-state index contributed by atoms with van der Waals surface area (Å²) in [7, 11) is 0. The highest BCUT2D eigenvalue weighted by Gasteiger charge is 2.32. The van der Waals surface area contributed by atoms with Gasteiger partial charge in [-0.05, 0) is 31.8 Å². The molecule has 7 heteroatoms. The molecule has 2 fully saturated rings. The number of nitrogens with zero attached hydrogens (tertiary/aromatic N) is 1. The van der Waals surface area contributed by atoms with Crippen molar-refractivity contribution in [3.8, 4) is 0 Å². The first kappa shape index (κ1) is 15.2. The van der Waals surface area contributed by atoms with E-state index < -0.39 is 6.03 Å². The number of amides is 3. The van der Waals surface area contributed by atoms with Crippen LogP contribution in [-0.2, 0) is 4.79 Å². The Morgan fingerprint density at radius 2 is 2.17 bits per heavy atom. The molecule has 0 radical (unpaired) electrons. The Morgan fingerprint density at radius 1 is 1.39 bits per heavy atom. The molecule has 6 nitrogen and oxygen atoms in total. The average Bonchev–Trinajstić information content (AvgIpc) is 2.72. The fraction of sp³-hybridized carbons (Fsp3) is 0.818. The monoisotopic (exact) mass is 276 g/mol. The van der Waals surface area contributed by atoms with Crippen LogP contribution >= 0.6 is 12.4 Å². The molecule has 18 heavy (non-hydrogen) atoms. The second-order valence-electron chi connectivity index (χ2n) is 4.86. The van der Waals surface area contributed by atoms with E-state index in [0.29, 0.717) is 19.0 Å². The molecule has 104 valence electrons. The predicted octanol–water partition coefficient (Wildman–Crippen LogP) is -0.323. The molecule has 2 atom stereocenters. The van der Waals surface area contributed by atoms with E-state index in [0.717, 1.165) is 32.0 Å². The van der Waals surface area contributed by atoms with E-state index in [1.54, 1.807) is 0 Å². The number of likely N-dealkylation sites (tertiary alicyclic amines) is 1. The molecule has 2 aliphatic heterocycles. The predicted molar refractivity (Wildman–Crippen MR) is 70.5 cm³/mol. The van der Waals surface area contributed by atoms with E-state index in [1.807, 2.05) is 0 Å². The average molecular weight is 277 g/mol. The zero-order valence-electron chi connectivity index (χ0n) is 10.4. The maximum absolute atomic E-state index is 11.3. The van der Waals surface area contributed by atoms with Crippen LogP contribution in [-0.4, -0.2) is 49.1 Å². The number of hydrogen-bond donors (Lipinski definition) is 3. The number of nitrogens with one attached hydrogen (secondary N) is 2. The molecule has 0 aromatic heterocycles. The van der Waals surface area contributed by atoms with Gasteiger partial charge in [-0.2, -0.15) is 0 Å². The summed E-state index contributed by atoms with van der Waals surface area (Å²) in [5, 5.41) is 5.59. The topological polar surface area (TPSA) is 87.5 Å². The molecule has 0 spiro atoms. The molecular formula is C11H21ClN4O2. The molecule has 4 N–H and O–H groups in total. The van der Waals surface area contributed by atoms with Gasteiger partial charge in [0.1, 0.15) is 0 Å². The second kappa shape index (κ2) is 6.92. The Kier molecular flexibility index (Phi) is 5.84. The van der Waals surface area contributed by atoms with Crippen LogP contribution in [0.3, 0.4) is 0 Å². The van der Waals surface area contributed by atoms with E-state index >= 15 is 0 Å². The van der Waals surface area contributed by atoms with Crippen LogP contribution in [0.4, 0.5) is 4.79 Å². The standard InChI is InChI=1S/C11H20N4O2.ClH/c12-11(17)14-10(16)3-6-15-5-2-9-8(7-15)1-4-13-9;/h8-9,13H,1-7H2,(H3,12,14,16,17);1H. The quantitative estimate of drug-likeness (QED) is 0.659. The Hall–Kier alpha value is -0.850. The van der Waals surface area contributed by atoms with Crippen LogP contribution in [0.2, 0.25) is 0 Å². The van der Waals surface area contributed by atoms with Crippen molar-refractivity contribution in [3.63, 3.8) is 0 Å². The minimum Gasteiger partial charge on any atom is -0.351 e. The first-order valence-corrected chi connectivity index (χ1v) is 6.20. The van der Waals surface area contributed by atoms with Gasteiger partial charge >= 0.3 is 6.03 Å². The lowest BCUT2D eigenvalue weighted by molar-refractivity contribution is -0.120. The number of rotatable bonds is 3. The minimum atomic E-state index is -0.770. The summed E-state index contributed by atoms with van der Waals surface area (Å²) in [5.41, 5.74) is 4.88. The van der Waals surface area contributed by atoms with Crippen LogP contribution < -0.4 is 16.4 Å². The highest BCUT2D eigenvalue weighted by molar-refractivity contribution is 5.93. The summed E-state index contributed by atoms with van der Waals surface area (Å²) in [6.45, 7) is 3.91. The number of urea groups is 1. The van der Waals surface area contributed by atoms with Crippen molar-refractivity contribution in [2.45, 2.75) is 25.3 Å². The molecule has 0 aromatic rings. The molecular weight excluding hydrogens is 256 g/mol. The Balaban J connectivity index is 0.00000162. The highest BCUT2D eigenvalue weighted by atomic mass is 35.5. The fourth-order valence-corrected chi connectivity index (χ4v) is 2.79. The maximum atomic E-state index is 11.3. The van der Waals surface area contributed by atoms with Crippen LogP contribution in [0.1, 0.15) is 19.3 Å². The Bertz CT molecular complexity index is 313. The molecule has 2 aliphatic rings. The van der Waals surface area contributed by atoms with E-state index in [2.05, 4.69) is 15.5 Å². The van der Waals surface area contributed by atoms with Gasteiger partial charge in [-0.3, -0.25) is 10.1 Å². The number of carbonyl (C=O) groups is 2. The Morgan fingerprint density at radius 3 is 2.89 bits per heavy atom. The number of fused-ring (bicyclic) bond motifs is 1. The lowest BCUT2D eigenvalue weighted by Gasteiger charge is -2.34. The molecule has 2 rings (SSSR count). The number of nitrogens with two attached hydrogens (primary N) is 1. The van der Waals surface area contributed by atoms with Gasteiger partial charge in [0.2, 0.25) is 5.91 Å². The van der Waals surface area contributed by atoms with Gasteiger partial charge in [-0.25, -0.2) is 4.79 Å². The third-order valence-corrected chi connectivity index (χ3v) is 3.66. The SMILES string of the molecule is Cl.NC(=O)NC(=O)CCN1CCC2NCCC2C1. The molecule has 0 aromatic carbocycles. The number of imide groups is 1. The first-order valence-electron chi connectivity index (χ1n) is 6.20. The zero-order valence-corrected chi connectivity index (χ0v) is 11.2. The Labute approximate surface area is 113 Å². The second-order valence-corrected chi connectivity index (χ2v) is 4.86. The normalized spacial score (nSPS) is 27.1. The van der Waals surface area contributed by atoms with Crippen molar-refractivity contribution in [1.29, 1.82) is 0 Å². The molecule has 0 saturated carbocycles. The summed E-state index contributed by atoms with van der Waals surface area (Å²) in [6, 6.07) is -0.0978. The lowest BCUT2D eigenvalue weighted by Crippen LogP contribution is -2.45. The molecule has 2 unspecified atom stereocenters. The fourth-order valence-electron chi connectivity index (χ4n) is 2.79. The highest BCUT2D eigenvalue weighted by Crippen LogP contribution is 2.24. The minimum absolute atomic E-state index is 0. The summed E-state index contributed by atoms with van der Waals surface area (Å²) in [4.78, 5) is 24.1. The van der Waals surface area contributed by atoms with E-state index in [-0.39, 0.29) is 18.3 Å².